The molecule has 0 aliphatic carbocycles. The SMILES string of the molecule is CB(O)[C@@H](CC(=O)[C@H](Cc1ccccc1)NC(C)C)CC(C)C. The smallest absolute Gasteiger partial charge is 0.289 e. The summed E-state index contributed by atoms with van der Waals surface area (Å²) in [6.45, 7) is 9.73. The summed E-state index contributed by atoms with van der Waals surface area (Å²) in [5.74, 6) is 0.719. The normalized spacial score (nSPS) is 14.1. The molecule has 0 saturated heterocycles. The van der Waals surface area contributed by atoms with Gasteiger partial charge in [-0.15, -0.1) is 0 Å². The highest BCUT2D eigenvalue weighted by Gasteiger charge is 2.27. The Morgan fingerprint density at radius 3 is 2.26 bits per heavy atom. The number of hydrogen-bond donors (Lipinski definition) is 2. The number of Topliss-reactive ketones (excluding diaryl/α,β-unsaturated/α-hetero) is 1. The summed E-state index contributed by atoms with van der Waals surface area (Å²) in [6.07, 6.45) is 2.02. The second-order valence-electron chi connectivity index (χ2n) is 7.36. The zero-order valence-electron chi connectivity index (χ0n) is 15.3. The minimum absolute atomic E-state index is 0.0368. The average molecular weight is 317 g/mol. The first-order valence-electron chi connectivity index (χ1n) is 8.80. The Morgan fingerprint density at radius 2 is 1.78 bits per heavy atom. The van der Waals surface area contributed by atoms with E-state index in [-0.39, 0.29) is 23.7 Å². The van der Waals surface area contributed by atoms with Crippen molar-refractivity contribution in [1.82, 2.24) is 5.32 Å². The number of rotatable bonds is 10. The van der Waals surface area contributed by atoms with E-state index >= 15 is 0 Å². The maximum absolute atomic E-state index is 12.8. The minimum Gasteiger partial charge on any atom is -0.450 e. The first-order valence-corrected chi connectivity index (χ1v) is 8.80. The molecule has 23 heavy (non-hydrogen) atoms. The van der Waals surface area contributed by atoms with Crippen molar-refractivity contribution in [2.24, 2.45) is 5.92 Å². The summed E-state index contributed by atoms with van der Waals surface area (Å²) in [5.41, 5.74) is 1.16. The van der Waals surface area contributed by atoms with E-state index in [2.05, 4.69) is 45.1 Å². The Kier molecular flexibility index (Phi) is 8.57. The van der Waals surface area contributed by atoms with Crippen LogP contribution in [0.1, 0.15) is 46.1 Å². The molecule has 1 aromatic carbocycles. The zero-order chi connectivity index (χ0) is 17.4. The molecule has 0 aliphatic rings. The van der Waals surface area contributed by atoms with Gasteiger partial charge in [-0.3, -0.25) is 4.79 Å². The highest BCUT2D eigenvalue weighted by atomic mass is 16.2. The van der Waals surface area contributed by atoms with Gasteiger partial charge in [0.25, 0.3) is 6.92 Å². The largest absolute Gasteiger partial charge is 0.450 e. The Hall–Kier alpha value is -1.13. The second-order valence-corrected chi connectivity index (χ2v) is 7.36. The summed E-state index contributed by atoms with van der Waals surface area (Å²) in [5, 5.41) is 13.4. The molecule has 0 heterocycles. The van der Waals surface area contributed by atoms with Gasteiger partial charge >= 0.3 is 0 Å². The molecule has 2 atom stereocenters. The summed E-state index contributed by atoms with van der Waals surface area (Å²) in [7, 11) is 0. The molecule has 0 amide bonds. The van der Waals surface area contributed by atoms with Gasteiger partial charge in [0.15, 0.2) is 0 Å². The van der Waals surface area contributed by atoms with Crippen molar-refractivity contribution in [2.75, 3.05) is 0 Å². The maximum atomic E-state index is 12.8. The van der Waals surface area contributed by atoms with Gasteiger partial charge in [-0.1, -0.05) is 71.3 Å². The molecule has 3 nitrogen and oxygen atoms in total. The van der Waals surface area contributed by atoms with Crippen LogP contribution in [0, 0.1) is 5.92 Å². The third-order valence-corrected chi connectivity index (χ3v) is 4.13. The maximum Gasteiger partial charge on any atom is 0.289 e. The molecule has 0 unspecified atom stereocenters. The molecule has 0 radical (unpaired) electrons. The van der Waals surface area contributed by atoms with Crippen LogP contribution in [0.5, 0.6) is 0 Å². The zero-order valence-corrected chi connectivity index (χ0v) is 15.3. The van der Waals surface area contributed by atoms with Gasteiger partial charge in [-0.25, -0.2) is 0 Å². The van der Waals surface area contributed by atoms with Crippen LogP contribution in [0.4, 0.5) is 0 Å². The lowest BCUT2D eigenvalue weighted by atomic mass is 9.54. The van der Waals surface area contributed by atoms with Gasteiger partial charge in [-0.2, -0.15) is 0 Å². The number of carbonyl (C=O) groups excluding carboxylic acids is 1. The Morgan fingerprint density at radius 1 is 1.17 bits per heavy atom. The standard InChI is InChI=1S/C19H32BNO2/c1-14(2)11-17(20(5)23)13-19(22)18(21-15(3)4)12-16-9-7-6-8-10-16/h6-10,14-15,17-18,21,23H,11-13H2,1-5H3/t17-,18+/m1/s1. The van der Waals surface area contributed by atoms with Crippen molar-refractivity contribution in [2.45, 2.75) is 71.7 Å². The van der Waals surface area contributed by atoms with Gasteiger partial charge < -0.3 is 10.3 Å². The lowest BCUT2D eigenvalue weighted by Crippen LogP contribution is -2.43. The molecular weight excluding hydrogens is 285 g/mol. The highest BCUT2D eigenvalue weighted by molar-refractivity contribution is 6.50. The van der Waals surface area contributed by atoms with E-state index in [4.69, 9.17) is 0 Å². The molecule has 0 spiro atoms. The number of hydrogen-bond acceptors (Lipinski definition) is 3. The molecule has 0 aromatic heterocycles. The molecule has 0 bridgehead atoms. The fraction of sp³-hybridized carbons (Fsp3) is 0.632. The van der Waals surface area contributed by atoms with Gasteiger partial charge in [0.2, 0.25) is 0 Å². The molecule has 4 heteroatoms. The van der Waals surface area contributed by atoms with Crippen LogP contribution in [-0.4, -0.2) is 29.8 Å². The van der Waals surface area contributed by atoms with Crippen LogP contribution in [0.3, 0.4) is 0 Å². The second kappa shape index (κ2) is 9.89. The Bertz CT molecular complexity index is 460. The van der Waals surface area contributed by atoms with Gasteiger partial charge in [0, 0.05) is 12.5 Å². The lowest BCUT2D eigenvalue weighted by Gasteiger charge is -2.24. The summed E-state index contributed by atoms with van der Waals surface area (Å²) in [6, 6.07) is 10.2. The predicted molar refractivity (Wildman–Crippen MR) is 98.9 cm³/mol. The summed E-state index contributed by atoms with van der Waals surface area (Å²) in [4.78, 5) is 12.8. The van der Waals surface area contributed by atoms with Crippen LogP contribution < -0.4 is 5.32 Å². The lowest BCUT2D eigenvalue weighted by molar-refractivity contribution is -0.121. The molecule has 1 rings (SSSR count). The number of ketones is 1. The quantitative estimate of drug-likeness (QED) is 0.649. The van der Waals surface area contributed by atoms with E-state index in [1.807, 2.05) is 18.2 Å². The molecule has 1 aromatic rings. The summed E-state index contributed by atoms with van der Waals surface area (Å²) >= 11 is 0. The highest BCUT2D eigenvalue weighted by Crippen LogP contribution is 2.25. The molecular formula is C19H32BNO2. The van der Waals surface area contributed by atoms with Crippen molar-refractivity contribution >= 4 is 12.7 Å². The van der Waals surface area contributed by atoms with Crippen LogP contribution in [0.15, 0.2) is 30.3 Å². The molecule has 0 saturated carbocycles. The number of nitrogens with one attached hydrogen (secondary N) is 1. The first-order chi connectivity index (χ1) is 10.8. The first kappa shape index (κ1) is 19.9. The Balaban J connectivity index is 2.78. The van der Waals surface area contributed by atoms with Gasteiger partial charge in [0.05, 0.1) is 6.04 Å². The van der Waals surface area contributed by atoms with Crippen molar-refractivity contribution in [3.05, 3.63) is 35.9 Å². The average Bonchev–Trinajstić information content (AvgIpc) is 2.45. The third kappa shape index (κ3) is 7.80. The van der Waals surface area contributed by atoms with Crippen LogP contribution >= 0.6 is 0 Å². The summed E-state index contributed by atoms with van der Waals surface area (Å²) < 4.78 is 0. The topological polar surface area (TPSA) is 49.3 Å². The number of benzene rings is 1. The van der Waals surface area contributed by atoms with Crippen LogP contribution in [-0.2, 0) is 11.2 Å². The van der Waals surface area contributed by atoms with E-state index < -0.39 is 6.92 Å². The van der Waals surface area contributed by atoms with E-state index in [1.54, 1.807) is 6.82 Å². The number of carbonyl (C=O) groups is 1. The molecule has 2 N–H and O–H groups in total. The van der Waals surface area contributed by atoms with E-state index in [9.17, 15) is 9.82 Å². The van der Waals surface area contributed by atoms with Crippen molar-refractivity contribution in [1.29, 1.82) is 0 Å². The third-order valence-electron chi connectivity index (χ3n) is 4.13. The van der Waals surface area contributed by atoms with Gasteiger partial charge in [-0.05, 0) is 23.7 Å². The van der Waals surface area contributed by atoms with Crippen LogP contribution in [0.2, 0.25) is 12.6 Å². The van der Waals surface area contributed by atoms with Gasteiger partial charge in [0.1, 0.15) is 5.78 Å². The Labute approximate surface area is 142 Å². The molecule has 128 valence electrons. The van der Waals surface area contributed by atoms with Crippen molar-refractivity contribution in [3.63, 3.8) is 0 Å². The fourth-order valence-corrected chi connectivity index (χ4v) is 2.97. The minimum atomic E-state index is -0.447. The molecule has 0 fully saturated rings. The van der Waals surface area contributed by atoms with E-state index in [0.29, 0.717) is 18.8 Å². The van der Waals surface area contributed by atoms with E-state index in [1.165, 1.54) is 0 Å². The van der Waals surface area contributed by atoms with Crippen molar-refractivity contribution in [3.8, 4) is 0 Å². The van der Waals surface area contributed by atoms with Crippen molar-refractivity contribution < 1.29 is 9.82 Å². The predicted octanol–water partition coefficient (Wildman–Crippen LogP) is 3.58. The van der Waals surface area contributed by atoms with Crippen LogP contribution in [0.25, 0.3) is 0 Å². The monoisotopic (exact) mass is 317 g/mol. The van der Waals surface area contributed by atoms with E-state index in [0.717, 1.165) is 12.0 Å². The fourth-order valence-electron chi connectivity index (χ4n) is 2.97. The molecule has 0 aliphatic heterocycles.